The van der Waals surface area contributed by atoms with Crippen LogP contribution in [0, 0.1) is 11.6 Å². The van der Waals surface area contributed by atoms with Gasteiger partial charge >= 0.3 is 5.97 Å². The molecule has 0 unspecified atom stereocenters. The summed E-state index contributed by atoms with van der Waals surface area (Å²) >= 11 is 0. The third kappa shape index (κ3) is 6.50. The van der Waals surface area contributed by atoms with E-state index in [1.807, 2.05) is 13.8 Å². The van der Waals surface area contributed by atoms with E-state index in [0.29, 0.717) is 24.2 Å². The quantitative estimate of drug-likeness (QED) is 0.574. The number of hydrogen-bond donors (Lipinski definition) is 1. The van der Waals surface area contributed by atoms with E-state index in [-0.39, 0.29) is 23.1 Å². The highest BCUT2D eigenvalue weighted by Gasteiger charge is 2.15. The first-order valence-electron chi connectivity index (χ1n) is 9.64. The van der Waals surface area contributed by atoms with Crippen molar-refractivity contribution in [3.05, 3.63) is 58.8 Å². The number of aliphatic carboxylic acids is 1. The highest BCUT2D eigenvalue weighted by Crippen LogP contribution is 2.28. The summed E-state index contributed by atoms with van der Waals surface area (Å²) in [6.07, 6.45) is 2.97. The topological polar surface area (TPSA) is 89.0 Å². The number of hydrogen-bond acceptors (Lipinski definition) is 5. The summed E-state index contributed by atoms with van der Waals surface area (Å²) in [5, 5.41) is 8.90. The SMILES string of the molecule is CCN(CC)C(=O)/C(C)=C\c1cnc(OCc2c(F)cccc2F)c(OCC(=O)O)c1. The largest absolute Gasteiger partial charge is 0.479 e. The first kappa shape index (κ1) is 23.8. The smallest absolute Gasteiger partial charge is 0.341 e. The maximum Gasteiger partial charge on any atom is 0.341 e. The van der Waals surface area contributed by atoms with Crippen LogP contribution in [0.25, 0.3) is 6.08 Å². The van der Waals surface area contributed by atoms with Crippen LogP contribution in [-0.2, 0) is 16.2 Å². The number of carboxylic acid groups (broad SMARTS) is 1. The molecule has 0 aliphatic heterocycles. The normalized spacial score (nSPS) is 11.2. The number of carbonyl (C=O) groups is 2. The van der Waals surface area contributed by atoms with Crippen LogP contribution in [0.5, 0.6) is 11.6 Å². The zero-order chi connectivity index (χ0) is 23.0. The predicted molar refractivity (Wildman–Crippen MR) is 110 cm³/mol. The molecule has 0 aliphatic carbocycles. The fraction of sp³-hybridized carbons (Fsp3) is 0.318. The molecule has 0 atom stereocenters. The Morgan fingerprint density at radius 2 is 1.81 bits per heavy atom. The molecule has 0 radical (unpaired) electrons. The molecule has 31 heavy (non-hydrogen) atoms. The lowest BCUT2D eigenvalue weighted by molar-refractivity contribution is -0.139. The molecule has 9 heteroatoms. The molecular formula is C22H24F2N2O5. The second-order valence-electron chi connectivity index (χ2n) is 6.55. The number of nitrogens with zero attached hydrogens (tertiary/aromatic N) is 2. The van der Waals surface area contributed by atoms with Gasteiger partial charge in [0.05, 0.1) is 5.56 Å². The third-order valence-corrected chi connectivity index (χ3v) is 4.38. The van der Waals surface area contributed by atoms with E-state index >= 15 is 0 Å². The summed E-state index contributed by atoms with van der Waals surface area (Å²) in [6.45, 7) is 5.39. The van der Waals surface area contributed by atoms with Gasteiger partial charge in [0.25, 0.3) is 5.88 Å². The van der Waals surface area contributed by atoms with Crippen LogP contribution in [0.3, 0.4) is 0 Å². The number of ether oxygens (including phenoxy) is 2. The summed E-state index contributed by atoms with van der Waals surface area (Å²) in [7, 11) is 0. The number of benzene rings is 1. The van der Waals surface area contributed by atoms with Crippen molar-refractivity contribution in [1.29, 1.82) is 0 Å². The molecule has 0 spiro atoms. The Bertz CT molecular complexity index is 954. The number of halogens is 2. The van der Waals surface area contributed by atoms with Crippen LogP contribution in [0.4, 0.5) is 8.78 Å². The Kier molecular flexibility index (Phi) is 8.48. The first-order chi connectivity index (χ1) is 14.8. The van der Waals surface area contributed by atoms with Crippen molar-refractivity contribution in [2.75, 3.05) is 19.7 Å². The van der Waals surface area contributed by atoms with E-state index in [4.69, 9.17) is 14.6 Å². The standard InChI is InChI=1S/C22H24F2N2O5/c1-4-26(5-2)22(29)14(3)9-15-10-19(30-13-20(27)28)21(25-11-15)31-12-16-17(23)7-6-8-18(16)24/h6-11H,4-5,12-13H2,1-3H3,(H,27,28)/b14-9-. The Morgan fingerprint density at radius 1 is 1.16 bits per heavy atom. The lowest BCUT2D eigenvalue weighted by atomic mass is 10.1. The Hall–Kier alpha value is -3.49. The third-order valence-electron chi connectivity index (χ3n) is 4.38. The minimum atomic E-state index is -1.22. The van der Waals surface area contributed by atoms with Crippen molar-refractivity contribution in [1.82, 2.24) is 9.88 Å². The molecule has 7 nitrogen and oxygen atoms in total. The van der Waals surface area contributed by atoms with Crippen LogP contribution < -0.4 is 9.47 Å². The van der Waals surface area contributed by atoms with Crippen molar-refractivity contribution in [2.24, 2.45) is 0 Å². The van der Waals surface area contributed by atoms with Gasteiger partial charge in [0.15, 0.2) is 12.4 Å². The molecule has 166 valence electrons. The Labute approximate surface area is 178 Å². The highest BCUT2D eigenvalue weighted by molar-refractivity contribution is 5.97. The predicted octanol–water partition coefficient (Wildman–Crippen LogP) is 3.67. The van der Waals surface area contributed by atoms with Gasteiger partial charge in [0, 0.05) is 24.9 Å². The van der Waals surface area contributed by atoms with E-state index in [0.717, 1.165) is 12.1 Å². The molecule has 0 saturated carbocycles. The fourth-order valence-corrected chi connectivity index (χ4v) is 2.76. The van der Waals surface area contributed by atoms with Gasteiger partial charge in [0.2, 0.25) is 5.91 Å². The van der Waals surface area contributed by atoms with Gasteiger partial charge in [-0.05, 0) is 50.6 Å². The fourth-order valence-electron chi connectivity index (χ4n) is 2.76. The van der Waals surface area contributed by atoms with Crippen LogP contribution in [0.15, 0.2) is 36.0 Å². The van der Waals surface area contributed by atoms with E-state index < -0.39 is 30.8 Å². The minimum absolute atomic E-state index is 0.0315. The van der Waals surface area contributed by atoms with Crippen molar-refractivity contribution in [3.63, 3.8) is 0 Å². The molecule has 1 aromatic carbocycles. The summed E-state index contributed by atoms with van der Waals surface area (Å²) in [6, 6.07) is 4.87. The lowest BCUT2D eigenvalue weighted by Crippen LogP contribution is -2.30. The summed E-state index contributed by atoms with van der Waals surface area (Å²) in [5.74, 6) is -3.09. The second kappa shape index (κ2) is 11.1. The monoisotopic (exact) mass is 434 g/mol. The van der Waals surface area contributed by atoms with Gasteiger partial charge in [-0.15, -0.1) is 0 Å². The van der Waals surface area contributed by atoms with Crippen molar-refractivity contribution >= 4 is 18.0 Å². The Morgan fingerprint density at radius 3 is 2.39 bits per heavy atom. The average molecular weight is 434 g/mol. The highest BCUT2D eigenvalue weighted by atomic mass is 19.1. The van der Waals surface area contributed by atoms with Gasteiger partial charge in [-0.2, -0.15) is 0 Å². The number of aromatic nitrogens is 1. The zero-order valence-electron chi connectivity index (χ0n) is 17.5. The van der Waals surface area contributed by atoms with Gasteiger partial charge in [-0.3, -0.25) is 4.79 Å². The number of likely N-dealkylation sites (N-methyl/N-ethyl adjacent to an activating group) is 1. The van der Waals surface area contributed by atoms with Crippen molar-refractivity contribution in [3.8, 4) is 11.6 Å². The van der Waals surface area contributed by atoms with Gasteiger partial charge in [0.1, 0.15) is 18.2 Å². The van der Waals surface area contributed by atoms with E-state index in [9.17, 15) is 18.4 Å². The molecular weight excluding hydrogens is 410 g/mol. The summed E-state index contributed by atoms with van der Waals surface area (Å²) in [5.41, 5.74) is 0.637. The zero-order valence-corrected chi connectivity index (χ0v) is 17.5. The van der Waals surface area contributed by atoms with Crippen molar-refractivity contribution < 1.29 is 33.0 Å². The molecule has 2 aromatic rings. The Balaban J connectivity index is 2.29. The van der Waals surface area contributed by atoms with Gasteiger partial charge < -0.3 is 19.5 Å². The molecule has 0 aliphatic rings. The minimum Gasteiger partial charge on any atom is -0.479 e. The molecule has 2 rings (SSSR count). The maximum atomic E-state index is 13.8. The second-order valence-corrected chi connectivity index (χ2v) is 6.55. The molecule has 0 fully saturated rings. The molecule has 0 saturated heterocycles. The van der Waals surface area contributed by atoms with Crippen LogP contribution in [0.2, 0.25) is 0 Å². The van der Waals surface area contributed by atoms with Gasteiger partial charge in [-0.25, -0.2) is 18.6 Å². The number of carboxylic acids is 1. The van der Waals surface area contributed by atoms with Crippen LogP contribution in [0.1, 0.15) is 31.9 Å². The number of amides is 1. The maximum absolute atomic E-state index is 13.8. The van der Waals surface area contributed by atoms with E-state index in [1.165, 1.54) is 18.3 Å². The number of pyridine rings is 1. The lowest BCUT2D eigenvalue weighted by Gasteiger charge is -2.19. The summed E-state index contributed by atoms with van der Waals surface area (Å²) < 4.78 is 38.3. The number of rotatable bonds is 10. The van der Waals surface area contributed by atoms with E-state index in [2.05, 4.69) is 4.98 Å². The molecule has 1 aromatic heterocycles. The average Bonchev–Trinajstić information content (AvgIpc) is 2.73. The number of carbonyl (C=O) groups excluding carboxylic acids is 1. The molecule has 1 N–H and O–H groups in total. The van der Waals surface area contributed by atoms with Crippen LogP contribution in [-0.4, -0.2) is 46.6 Å². The first-order valence-corrected chi connectivity index (χ1v) is 9.64. The molecule has 1 heterocycles. The van der Waals surface area contributed by atoms with Crippen molar-refractivity contribution in [2.45, 2.75) is 27.4 Å². The van der Waals surface area contributed by atoms with Gasteiger partial charge in [-0.1, -0.05) is 6.07 Å². The molecule has 1 amide bonds. The summed E-state index contributed by atoms with van der Waals surface area (Å²) in [4.78, 5) is 29.1. The molecule has 0 bridgehead atoms. The van der Waals surface area contributed by atoms with E-state index in [1.54, 1.807) is 17.9 Å². The van der Waals surface area contributed by atoms with Crippen LogP contribution >= 0.6 is 0 Å².